The van der Waals surface area contributed by atoms with Gasteiger partial charge in [0.1, 0.15) is 5.82 Å². The summed E-state index contributed by atoms with van der Waals surface area (Å²) in [7, 11) is 0. The fraction of sp³-hybridized carbons (Fsp3) is 0.400. The van der Waals surface area contributed by atoms with Gasteiger partial charge in [0.25, 0.3) is 0 Å². The van der Waals surface area contributed by atoms with Crippen LogP contribution in [0.4, 0.5) is 10.1 Å². The van der Waals surface area contributed by atoms with Crippen LogP contribution in [0, 0.1) is 5.82 Å². The first-order chi connectivity index (χ1) is 6.77. The second-order valence-electron chi connectivity index (χ2n) is 3.36. The van der Waals surface area contributed by atoms with Crippen molar-refractivity contribution in [2.24, 2.45) is 0 Å². The van der Waals surface area contributed by atoms with Crippen molar-refractivity contribution in [1.82, 2.24) is 5.06 Å². The summed E-state index contributed by atoms with van der Waals surface area (Å²) in [5.74, 6) is -0.263. The fourth-order valence-electron chi connectivity index (χ4n) is 1.54. The van der Waals surface area contributed by atoms with E-state index in [0.29, 0.717) is 24.4 Å². The van der Waals surface area contributed by atoms with Crippen LogP contribution in [0.5, 0.6) is 0 Å². The third-order valence-corrected chi connectivity index (χ3v) is 2.32. The molecule has 0 aliphatic carbocycles. The topological polar surface area (TPSA) is 38.5 Å². The normalized spacial score (nSPS) is 17.5. The number of nitrogen functional groups attached to an aromatic ring is 1. The van der Waals surface area contributed by atoms with Crippen LogP contribution in [-0.2, 0) is 11.4 Å². The molecule has 0 radical (unpaired) electrons. The maximum Gasteiger partial charge on any atom is 0.129 e. The molecule has 1 aromatic rings. The van der Waals surface area contributed by atoms with Crippen LogP contribution in [0.2, 0.25) is 0 Å². The first-order valence-electron chi connectivity index (χ1n) is 4.68. The highest BCUT2D eigenvalue weighted by Gasteiger charge is 2.16. The van der Waals surface area contributed by atoms with Crippen molar-refractivity contribution in [2.75, 3.05) is 18.9 Å². The minimum absolute atomic E-state index is 0.263. The molecule has 3 nitrogen and oxygen atoms in total. The Labute approximate surface area is 82.2 Å². The predicted molar refractivity (Wildman–Crippen MR) is 51.8 cm³/mol. The highest BCUT2D eigenvalue weighted by molar-refractivity contribution is 5.47. The molecule has 4 heteroatoms. The van der Waals surface area contributed by atoms with E-state index in [-0.39, 0.29) is 5.82 Å². The molecule has 1 aliphatic heterocycles. The van der Waals surface area contributed by atoms with Gasteiger partial charge in [-0.2, -0.15) is 5.06 Å². The van der Waals surface area contributed by atoms with Crippen LogP contribution in [0.1, 0.15) is 12.0 Å². The van der Waals surface area contributed by atoms with Crippen LogP contribution in [0.15, 0.2) is 18.2 Å². The molecule has 1 aliphatic rings. The lowest BCUT2D eigenvalue weighted by molar-refractivity contribution is -0.117. The average molecular weight is 196 g/mol. The molecule has 0 bridgehead atoms. The number of hydroxylamine groups is 2. The van der Waals surface area contributed by atoms with Crippen molar-refractivity contribution < 1.29 is 9.23 Å². The first-order valence-corrected chi connectivity index (χ1v) is 4.68. The number of hydrogen-bond acceptors (Lipinski definition) is 3. The molecule has 1 aromatic carbocycles. The third kappa shape index (κ3) is 1.86. The summed E-state index contributed by atoms with van der Waals surface area (Å²) in [6.07, 6.45) is 0.994. The number of rotatable bonds is 2. The number of nitrogens with zero attached hydrogens (tertiary/aromatic N) is 1. The molecular weight excluding hydrogens is 183 g/mol. The van der Waals surface area contributed by atoms with Crippen LogP contribution in [0.3, 0.4) is 0 Å². The van der Waals surface area contributed by atoms with E-state index < -0.39 is 0 Å². The molecule has 0 saturated carbocycles. The van der Waals surface area contributed by atoms with Crippen LogP contribution in [0.25, 0.3) is 0 Å². The zero-order valence-electron chi connectivity index (χ0n) is 7.87. The molecule has 0 aromatic heterocycles. The van der Waals surface area contributed by atoms with E-state index >= 15 is 0 Å². The van der Waals surface area contributed by atoms with Gasteiger partial charge in [-0.05, 0) is 18.6 Å². The second kappa shape index (κ2) is 3.94. The average Bonchev–Trinajstić information content (AvgIpc) is 2.64. The highest BCUT2D eigenvalue weighted by Crippen LogP contribution is 2.19. The van der Waals surface area contributed by atoms with E-state index in [1.54, 1.807) is 17.2 Å². The van der Waals surface area contributed by atoms with Gasteiger partial charge in [0.15, 0.2) is 0 Å². The van der Waals surface area contributed by atoms with Gasteiger partial charge in [-0.15, -0.1) is 0 Å². The van der Waals surface area contributed by atoms with Crippen molar-refractivity contribution in [3.05, 3.63) is 29.6 Å². The van der Waals surface area contributed by atoms with Crippen LogP contribution >= 0.6 is 0 Å². The lowest BCUT2D eigenvalue weighted by Crippen LogP contribution is -2.18. The minimum atomic E-state index is -0.263. The van der Waals surface area contributed by atoms with Gasteiger partial charge >= 0.3 is 0 Å². The van der Waals surface area contributed by atoms with Crippen LogP contribution in [-0.4, -0.2) is 18.2 Å². The maximum absolute atomic E-state index is 13.3. The molecule has 1 fully saturated rings. The van der Waals surface area contributed by atoms with Gasteiger partial charge in [0, 0.05) is 17.8 Å². The van der Waals surface area contributed by atoms with Crippen molar-refractivity contribution in [3.8, 4) is 0 Å². The quantitative estimate of drug-likeness (QED) is 0.729. The van der Waals surface area contributed by atoms with E-state index in [1.165, 1.54) is 6.07 Å². The Morgan fingerprint density at radius 2 is 2.36 bits per heavy atom. The van der Waals surface area contributed by atoms with Gasteiger partial charge in [-0.1, -0.05) is 6.07 Å². The fourth-order valence-corrected chi connectivity index (χ4v) is 1.54. The molecule has 0 atom stereocenters. The van der Waals surface area contributed by atoms with Crippen molar-refractivity contribution in [1.29, 1.82) is 0 Å². The molecule has 0 unspecified atom stereocenters. The summed E-state index contributed by atoms with van der Waals surface area (Å²) >= 11 is 0. The summed E-state index contributed by atoms with van der Waals surface area (Å²) in [6, 6.07) is 4.73. The molecule has 0 amide bonds. The Morgan fingerprint density at radius 1 is 1.50 bits per heavy atom. The van der Waals surface area contributed by atoms with E-state index in [2.05, 4.69) is 0 Å². The predicted octanol–water partition coefficient (Wildman–Crippen LogP) is 1.55. The Hall–Kier alpha value is -1.13. The van der Waals surface area contributed by atoms with E-state index in [9.17, 15) is 4.39 Å². The molecular formula is C10H13FN2O. The molecule has 2 rings (SSSR count). The van der Waals surface area contributed by atoms with Gasteiger partial charge in [-0.3, -0.25) is 4.84 Å². The Morgan fingerprint density at radius 3 is 3.00 bits per heavy atom. The SMILES string of the molecule is Nc1cccc(F)c1CN1CCCO1. The Bertz CT molecular complexity index is 304. The summed E-state index contributed by atoms with van der Waals surface area (Å²) in [6.45, 7) is 1.99. The largest absolute Gasteiger partial charge is 0.398 e. The minimum Gasteiger partial charge on any atom is -0.398 e. The lowest BCUT2D eigenvalue weighted by atomic mass is 10.1. The number of benzene rings is 1. The number of nitrogens with two attached hydrogens (primary N) is 1. The van der Waals surface area contributed by atoms with Crippen LogP contribution < -0.4 is 5.73 Å². The van der Waals surface area contributed by atoms with E-state index in [4.69, 9.17) is 10.6 Å². The Kier molecular flexibility index (Phi) is 2.65. The first kappa shape index (κ1) is 9.43. The van der Waals surface area contributed by atoms with Gasteiger partial charge < -0.3 is 5.73 Å². The molecule has 76 valence electrons. The van der Waals surface area contributed by atoms with Gasteiger partial charge in [0.2, 0.25) is 0 Å². The molecule has 0 spiro atoms. The van der Waals surface area contributed by atoms with Gasteiger partial charge in [0.05, 0.1) is 13.2 Å². The highest BCUT2D eigenvalue weighted by atomic mass is 19.1. The zero-order chi connectivity index (χ0) is 9.97. The summed E-state index contributed by atoms with van der Waals surface area (Å²) in [5, 5.41) is 1.74. The van der Waals surface area contributed by atoms with Gasteiger partial charge in [-0.25, -0.2) is 4.39 Å². The summed E-state index contributed by atoms with van der Waals surface area (Å²) < 4.78 is 13.3. The van der Waals surface area contributed by atoms with E-state index in [1.807, 2.05) is 0 Å². The molecule has 14 heavy (non-hydrogen) atoms. The number of hydrogen-bond donors (Lipinski definition) is 1. The summed E-state index contributed by atoms with van der Waals surface area (Å²) in [4.78, 5) is 5.28. The monoisotopic (exact) mass is 196 g/mol. The van der Waals surface area contributed by atoms with Crippen molar-refractivity contribution in [3.63, 3.8) is 0 Å². The standard InChI is InChI=1S/C10H13FN2O/c11-9-3-1-4-10(12)8(9)7-13-5-2-6-14-13/h1,3-4H,2,5-7,12H2. The smallest absolute Gasteiger partial charge is 0.129 e. The van der Waals surface area contributed by atoms with Crippen molar-refractivity contribution >= 4 is 5.69 Å². The molecule has 1 saturated heterocycles. The summed E-state index contributed by atoms with van der Waals surface area (Å²) in [5.41, 5.74) is 6.69. The second-order valence-corrected chi connectivity index (χ2v) is 3.36. The molecule has 2 N–H and O–H groups in total. The third-order valence-electron chi connectivity index (χ3n) is 2.32. The Balaban J connectivity index is 2.14. The zero-order valence-corrected chi connectivity index (χ0v) is 7.87. The number of halogens is 1. The number of anilines is 1. The maximum atomic E-state index is 13.3. The van der Waals surface area contributed by atoms with E-state index in [0.717, 1.165) is 13.0 Å². The van der Waals surface area contributed by atoms with Crippen molar-refractivity contribution in [2.45, 2.75) is 13.0 Å². The lowest BCUT2D eigenvalue weighted by Gasteiger charge is -2.15. The molecule has 1 heterocycles.